The lowest BCUT2D eigenvalue weighted by Gasteiger charge is -2.05. The normalized spacial score (nSPS) is 10.5. The van der Waals surface area contributed by atoms with Crippen LogP contribution in [-0.4, -0.2) is 17.4 Å². The smallest absolute Gasteiger partial charge is 0.275 e. The van der Waals surface area contributed by atoms with E-state index in [4.69, 9.17) is 17.3 Å². The van der Waals surface area contributed by atoms with Crippen molar-refractivity contribution in [1.82, 2.24) is 4.98 Å². The fraction of sp³-hybridized carbons (Fsp3) is 0.167. The van der Waals surface area contributed by atoms with Gasteiger partial charge < -0.3 is 11.1 Å². The van der Waals surface area contributed by atoms with Crippen LogP contribution in [0.5, 0.6) is 0 Å². The van der Waals surface area contributed by atoms with Crippen molar-refractivity contribution in [2.75, 3.05) is 11.9 Å². The second-order valence-electron chi connectivity index (χ2n) is 3.72. The molecule has 0 fully saturated rings. The van der Waals surface area contributed by atoms with Gasteiger partial charge in [-0.3, -0.25) is 4.79 Å². The monoisotopic (exact) mass is 299 g/mol. The lowest BCUT2D eigenvalue weighted by Crippen LogP contribution is -2.14. The van der Waals surface area contributed by atoms with E-state index in [1.807, 2.05) is 0 Å². The predicted octanol–water partition coefficient (Wildman–Crippen LogP) is 2.69. The van der Waals surface area contributed by atoms with Crippen LogP contribution in [0, 0.1) is 5.82 Å². The Morgan fingerprint density at radius 3 is 3.05 bits per heavy atom. The zero-order valence-corrected chi connectivity index (χ0v) is 11.4. The van der Waals surface area contributed by atoms with E-state index in [9.17, 15) is 9.18 Å². The maximum absolute atomic E-state index is 13.6. The number of halogens is 2. The molecule has 2 rings (SSSR count). The number of nitrogens with one attached hydrogen (secondary N) is 1. The molecule has 0 aliphatic rings. The highest BCUT2D eigenvalue weighted by molar-refractivity contribution is 7.09. The Bertz CT molecular complexity index is 602. The molecule has 0 saturated carbocycles. The van der Waals surface area contributed by atoms with Gasteiger partial charge in [0.05, 0.1) is 15.7 Å². The van der Waals surface area contributed by atoms with Gasteiger partial charge in [0.15, 0.2) is 5.82 Å². The molecule has 0 radical (unpaired) electrons. The van der Waals surface area contributed by atoms with Crippen LogP contribution in [0.2, 0.25) is 5.02 Å². The number of nitrogens with two attached hydrogens (primary N) is 1. The molecular weight excluding hydrogens is 289 g/mol. The molecule has 1 aromatic carbocycles. The first-order valence-electron chi connectivity index (χ1n) is 5.51. The maximum atomic E-state index is 13.6. The molecule has 0 atom stereocenters. The Kier molecular flexibility index (Phi) is 4.47. The molecule has 1 aromatic heterocycles. The number of carbonyl (C=O) groups is 1. The number of thiazole rings is 1. The summed E-state index contributed by atoms with van der Waals surface area (Å²) in [6.45, 7) is 0.470. The standard InChI is InChI=1S/C12H11ClFN3OS/c13-7-2-1-3-8(11(7)14)17-12(18)9-6-19-10(16-9)4-5-15/h1-3,6H,4-5,15H2,(H,17,18). The van der Waals surface area contributed by atoms with Crippen molar-refractivity contribution >= 4 is 34.5 Å². The van der Waals surface area contributed by atoms with Crippen molar-refractivity contribution in [1.29, 1.82) is 0 Å². The van der Waals surface area contributed by atoms with Crippen LogP contribution in [0.3, 0.4) is 0 Å². The van der Waals surface area contributed by atoms with E-state index in [-0.39, 0.29) is 16.4 Å². The second kappa shape index (κ2) is 6.10. The highest BCUT2D eigenvalue weighted by Crippen LogP contribution is 2.22. The van der Waals surface area contributed by atoms with Crippen LogP contribution in [0.4, 0.5) is 10.1 Å². The fourth-order valence-electron chi connectivity index (χ4n) is 1.44. The summed E-state index contributed by atoms with van der Waals surface area (Å²) in [5.41, 5.74) is 5.68. The highest BCUT2D eigenvalue weighted by Gasteiger charge is 2.14. The minimum Gasteiger partial charge on any atom is -0.330 e. The van der Waals surface area contributed by atoms with Crippen LogP contribution in [0.1, 0.15) is 15.5 Å². The number of hydrogen-bond acceptors (Lipinski definition) is 4. The summed E-state index contributed by atoms with van der Waals surface area (Å²) in [4.78, 5) is 16.0. The fourth-order valence-corrected chi connectivity index (χ4v) is 2.41. The number of hydrogen-bond donors (Lipinski definition) is 2. The van der Waals surface area contributed by atoms with Crippen LogP contribution in [0.25, 0.3) is 0 Å². The summed E-state index contributed by atoms with van der Waals surface area (Å²) < 4.78 is 13.6. The van der Waals surface area contributed by atoms with E-state index >= 15 is 0 Å². The molecule has 3 N–H and O–H groups in total. The third-order valence-corrected chi connectivity index (χ3v) is 3.54. The van der Waals surface area contributed by atoms with Crippen LogP contribution >= 0.6 is 22.9 Å². The summed E-state index contributed by atoms with van der Waals surface area (Å²) >= 11 is 6.98. The molecule has 19 heavy (non-hydrogen) atoms. The predicted molar refractivity (Wildman–Crippen MR) is 74.2 cm³/mol. The van der Waals surface area contributed by atoms with Crippen LogP contribution in [-0.2, 0) is 6.42 Å². The van der Waals surface area contributed by atoms with Gasteiger partial charge in [-0.2, -0.15) is 0 Å². The Morgan fingerprint density at radius 2 is 2.32 bits per heavy atom. The van der Waals surface area contributed by atoms with E-state index in [0.29, 0.717) is 13.0 Å². The summed E-state index contributed by atoms with van der Waals surface area (Å²) in [6.07, 6.45) is 0.615. The van der Waals surface area contributed by atoms with Gasteiger partial charge in [-0.15, -0.1) is 11.3 Å². The Morgan fingerprint density at radius 1 is 1.53 bits per heavy atom. The zero-order valence-electron chi connectivity index (χ0n) is 9.82. The molecule has 1 amide bonds. The first-order valence-corrected chi connectivity index (χ1v) is 6.77. The minimum absolute atomic E-state index is 0.0332. The maximum Gasteiger partial charge on any atom is 0.275 e. The molecule has 4 nitrogen and oxygen atoms in total. The first kappa shape index (κ1) is 13.9. The molecule has 7 heteroatoms. The molecule has 2 aromatic rings. The van der Waals surface area contributed by atoms with Crippen LogP contribution < -0.4 is 11.1 Å². The summed E-state index contributed by atoms with van der Waals surface area (Å²) in [5.74, 6) is -1.13. The molecule has 0 aliphatic heterocycles. The number of benzene rings is 1. The lowest BCUT2D eigenvalue weighted by atomic mass is 10.3. The largest absolute Gasteiger partial charge is 0.330 e. The van der Waals surface area contributed by atoms with Gasteiger partial charge in [0.1, 0.15) is 5.69 Å². The number of carbonyl (C=O) groups excluding carboxylic acids is 1. The molecule has 0 aliphatic carbocycles. The van der Waals surface area contributed by atoms with Crippen molar-refractivity contribution < 1.29 is 9.18 Å². The number of aromatic nitrogens is 1. The van der Waals surface area contributed by atoms with Crippen LogP contribution in [0.15, 0.2) is 23.6 Å². The van der Waals surface area contributed by atoms with Crippen molar-refractivity contribution in [3.63, 3.8) is 0 Å². The Balaban J connectivity index is 2.14. The van der Waals surface area contributed by atoms with Gasteiger partial charge in [-0.25, -0.2) is 9.37 Å². The number of anilines is 1. The SMILES string of the molecule is NCCc1nc(C(=O)Nc2cccc(Cl)c2F)cs1. The number of rotatable bonds is 4. The molecule has 1 heterocycles. The third-order valence-electron chi connectivity index (χ3n) is 2.34. The van der Waals surface area contributed by atoms with Gasteiger partial charge in [0, 0.05) is 11.8 Å². The average molecular weight is 300 g/mol. The summed E-state index contributed by atoms with van der Waals surface area (Å²) in [5, 5.41) is 4.79. The van der Waals surface area contributed by atoms with Crippen molar-refractivity contribution in [3.8, 4) is 0 Å². The molecule has 0 bridgehead atoms. The average Bonchev–Trinajstić information content (AvgIpc) is 2.84. The number of amides is 1. The first-order chi connectivity index (χ1) is 9.11. The third kappa shape index (κ3) is 3.28. The minimum atomic E-state index is -0.657. The lowest BCUT2D eigenvalue weighted by molar-refractivity contribution is 0.102. The number of nitrogens with zero attached hydrogens (tertiary/aromatic N) is 1. The van der Waals surface area contributed by atoms with Gasteiger partial charge in [0.2, 0.25) is 0 Å². The van der Waals surface area contributed by atoms with Gasteiger partial charge in [0.25, 0.3) is 5.91 Å². The Hall–Kier alpha value is -1.50. The topological polar surface area (TPSA) is 68.0 Å². The van der Waals surface area contributed by atoms with E-state index in [1.165, 1.54) is 23.5 Å². The van der Waals surface area contributed by atoms with E-state index in [0.717, 1.165) is 5.01 Å². The quantitative estimate of drug-likeness (QED) is 0.912. The van der Waals surface area contributed by atoms with Gasteiger partial charge in [-0.1, -0.05) is 17.7 Å². The highest BCUT2D eigenvalue weighted by atomic mass is 35.5. The molecule has 0 unspecified atom stereocenters. The van der Waals surface area contributed by atoms with E-state index < -0.39 is 11.7 Å². The second-order valence-corrected chi connectivity index (χ2v) is 5.07. The molecule has 0 saturated heterocycles. The van der Waals surface area contributed by atoms with Crippen molar-refractivity contribution in [2.24, 2.45) is 5.73 Å². The van der Waals surface area contributed by atoms with Gasteiger partial charge >= 0.3 is 0 Å². The van der Waals surface area contributed by atoms with Crippen molar-refractivity contribution in [3.05, 3.63) is 45.1 Å². The summed E-state index contributed by atoms with van der Waals surface area (Å²) in [6, 6.07) is 4.41. The molecule has 100 valence electrons. The Labute approximate surface area is 118 Å². The zero-order chi connectivity index (χ0) is 13.8. The summed E-state index contributed by atoms with van der Waals surface area (Å²) in [7, 11) is 0. The molecule has 0 spiro atoms. The molecular formula is C12H11ClFN3OS. The van der Waals surface area contributed by atoms with Gasteiger partial charge in [-0.05, 0) is 18.7 Å². The van der Waals surface area contributed by atoms with E-state index in [1.54, 1.807) is 11.4 Å². The van der Waals surface area contributed by atoms with E-state index in [2.05, 4.69) is 10.3 Å². The van der Waals surface area contributed by atoms with Crippen molar-refractivity contribution in [2.45, 2.75) is 6.42 Å².